The van der Waals surface area contributed by atoms with Gasteiger partial charge in [-0.1, -0.05) is 26.7 Å². The average Bonchev–Trinajstić information content (AvgIpc) is 2.42. The Morgan fingerprint density at radius 1 is 1.25 bits per heavy atom. The molecule has 3 nitrogen and oxygen atoms in total. The summed E-state index contributed by atoms with van der Waals surface area (Å²) in [5.74, 6) is 0.877. The highest BCUT2D eigenvalue weighted by atomic mass is 16.3. The third kappa shape index (κ3) is 4.71. The Balaban J connectivity index is 1.91. The molecule has 0 aromatic rings. The fourth-order valence-corrected chi connectivity index (χ4v) is 4.21. The molecule has 2 fully saturated rings. The van der Waals surface area contributed by atoms with Crippen molar-refractivity contribution in [1.82, 2.24) is 10.2 Å². The van der Waals surface area contributed by atoms with E-state index in [9.17, 15) is 5.11 Å². The number of hydrogen-bond donors (Lipinski definition) is 2. The summed E-state index contributed by atoms with van der Waals surface area (Å²) in [4.78, 5) is 2.61. The first-order valence-electron chi connectivity index (χ1n) is 8.75. The summed E-state index contributed by atoms with van der Waals surface area (Å²) in [5, 5.41) is 13.4. The number of rotatable bonds is 6. The highest BCUT2D eigenvalue weighted by Crippen LogP contribution is 2.40. The van der Waals surface area contributed by atoms with E-state index >= 15 is 0 Å². The molecule has 0 amide bonds. The molecule has 1 aliphatic carbocycles. The lowest BCUT2D eigenvalue weighted by atomic mass is 9.69. The van der Waals surface area contributed by atoms with Gasteiger partial charge in [-0.2, -0.15) is 0 Å². The summed E-state index contributed by atoms with van der Waals surface area (Å²) >= 11 is 0. The summed E-state index contributed by atoms with van der Waals surface area (Å²) in [7, 11) is 0. The highest BCUT2D eigenvalue weighted by Gasteiger charge is 2.36. The monoisotopic (exact) mass is 282 g/mol. The largest absolute Gasteiger partial charge is 0.393 e. The minimum absolute atomic E-state index is 0.0503. The Morgan fingerprint density at radius 3 is 2.65 bits per heavy atom. The van der Waals surface area contributed by atoms with Gasteiger partial charge < -0.3 is 15.3 Å². The molecule has 1 saturated heterocycles. The van der Waals surface area contributed by atoms with Gasteiger partial charge in [-0.15, -0.1) is 0 Å². The first kappa shape index (κ1) is 16.3. The molecular formula is C17H34N2O. The second-order valence-electron chi connectivity index (χ2n) is 7.39. The van der Waals surface area contributed by atoms with Crippen molar-refractivity contribution >= 4 is 0 Å². The molecule has 1 heterocycles. The Labute approximate surface area is 125 Å². The zero-order chi connectivity index (χ0) is 14.4. The Kier molecular flexibility index (Phi) is 6.31. The summed E-state index contributed by atoms with van der Waals surface area (Å²) < 4.78 is 0. The third-order valence-electron chi connectivity index (χ3n) is 5.23. The van der Waals surface area contributed by atoms with Crippen LogP contribution in [-0.4, -0.2) is 48.8 Å². The number of piperidine rings is 1. The van der Waals surface area contributed by atoms with Crippen molar-refractivity contribution < 1.29 is 5.11 Å². The van der Waals surface area contributed by atoms with Gasteiger partial charge in [0.2, 0.25) is 0 Å². The van der Waals surface area contributed by atoms with Crippen LogP contribution in [-0.2, 0) is 0 Å². The first-order valence-corrected chi connectivity index (χ1v) is 8.75. The van der Waals surface area contributed by atoms with Crippen LogP contribution in [0.2, 0.25) is 0 Å². The predicted molar refractivity (Wildman–Crippen MR) is 84.9 cm³/mol. The molecule has 3 heteroatoms. The van der Waals surface area contributed by atoms with E-state index in [2.05, 4.69) is 24.1 Å². The van der Waals surface area contributed by atoms with E-state index in [1.807, 2.05) is 0 Å². The van der Waals surface area contributed by atoms with E-state index in [1.54, 1.807) is 0 Å². The van der Waals surface area contributed by atoms with Crippen LogP contribution >= 0.6 is 0 Å². The van der Waals surface area contributed by atoms with Crippen molar-refractivity contribution in [2.24, 2.45) is 11.3 Å². The zero-order valence-corrected chi connectivity index (χ0v) is 13.5. The molecule has 2 unspecified atom stereocenters. The molecule has 2 rings (SSSR count). The molecule has 0 radical (unpaired) electrons. The highest BCUT2D eigenvalue weighted by molar-refractivity contribution is 4.91. The second kappa shape index (κ2) is 7.77. The fourth-order valence-electron chi connectivity index (χ4n) is 4.21. The number of nitrogens with one attached hydrogen (secondary N) is 1. The van der Waals surface area contributed by atoms with E-state index in [1.165, 1.54) is 45.2 Å². The van der Waals surface area contributed by atoms with Gasteiger partial charge in [-0.05, 0) is 50.0 Å². The number of likely N-dealkylation sites (tertiary alicyclic amines) is 1. The van der Waals surface area contributed by atoms with Crippen molar-refractivity contribution in [3.8, 4) is 0 Å². The molecule has 118 valence electrons. The molecule has 2 atom stereocenters. The number of aliphatic hydroxyl groups is 1. The van der Waals surface area contributed by atoms with Crippen molar-refractivity contribution in [3.05, 3.63) is 0 Å². The molecule has 20 heavy (non-hydrogen) atoms. The van der Waals surface area contributed by atoms with Gasteiger partial charge in [0.05, 0.1) is 6.10 Å². The number of aliphatic hydroxyl groups excluding tert-OH is 1. The van der Waals surface area contributed by atoms with Crippen LogP contribution in [0.15, 0.2) is 0 Å². The molecule has 2 N–H and O–H groups in total. The van der Waals surface area contributed by atoms with Gasteiger partial charge in [-0.25, -0.2) is 0 Å². The van der Waals surface area contributed by atoms with Gasteiger partial charge in [0.15, 0.2) is 0 Å². The maximum Gasteiger partial charge on any atom is 0.0564 e. The average molecular weight is 282 g/mol. The van der Waals surface area contributed by atoms with Crippen LogP contribution in [0.5, 0.6) is 0 Å². The summed E-state index contributed by atoms with van der Waals surface area (Å²) in [6.07, 6.45) is 8.67. The molecule has 0 aromatic carbocycles. The normalized spacial score (nSPS) is 33.5. The fraction of sp³-hybridized carbons (Fsp3) is 1.00. The Morgan fingerprint density at radius 2 is 2.00 bits per heavy atom. The van der Waals surface area contributed by atoms with E-state index < -0.39 is 0 Å². The van der Waals surface area contributed by atoms with Crippen LogP contribution in [0, 0.1) is 11.3 Å². The standard InChI is InChI=1S/C17H34N2O/c1-3-9-18-13-17(8-4-5-15(2)12-17)14-19-10-6-16(20)7-11-19/h15-16,18,20H,3-14H2,1-2H3. The number of nitrogens with zero attached hydrogens (tertiary/aromatic N) is 1. The molecule has 1 saturated carbocycles. The summed E-state index contributed by atoms with van der Waals surface area (Å²) in [6.45, 7) is 10.4. The van der Waals surface area contributed by atoms with Crippen LogP contribution in [0.3, 0.4) is 0 Å². The van der Waals surface area contributed by atoms with E-state index in [0.717, 1.165) is 38.4 Å². The van der Waals surface area contributed by atoms with E-state index in [0.29, 0.717) is 5.41 Å². The van der Waals surface area contributed by atoms with Crippen LogP contribution in [0.25, 0.3) is 0 Å². The molecule has 2 aliphatic rings. The lowest BCUT2D eigenvalue weighted by Crippen LogP contribution is -2.49. The molecule has 1 aliphatic heterocycles. The third-order valence-corrected chi connectivity index (χ3v) is 5.23. The quantitative estimate of drug-likeness (QED) is 0.735. The second-order valence-corrected chi connectivity index (χ2v) is 7.39. The molecule has 0 bridgehead atoms. The molecular weight excluding hydrogens is 248 g/mol. The Bertz CT molecular complexity index is 276. The van der Waals surface area contributed by atoms with Crippen LogP contribution in [0.4, 0.5) is 0 Å². The van der Waals surface area contributed by atoms with Gasteiger partial charge in [0.1, 0.15) is 0 Å². The van der Waals surface area contributed by atoms with Gasteiger partial charge in [0, 0.05) is 26.2 Å². The maximum atomic E-state index is 9.67. The lowest BCUT2D eigenvalue weighted by Gasteiger charge is -2.45. The SMILES string of the molecule is CCCNCC1(CN2CCC(O)CC2)CCCC(C)C1. The van der Waals surface area contributed by atoms with E-state index in [4.69, 9.17) is 0 Å². The van der Waals surface area contributed by atoms with Crippen molar-refractivity contribution in [3.63, 3.8) is 0 Å². The molecule has 0 spiro atoms. The smallest absolute Gasteiger partial charge is 0.0564 e. The summed E-state index contributed by atoms with van der Waals surface area (Å²) in [6, 6.07) is 0. The van der Waals surface area contributed by atoms with Gasteiger partial charge >= 0.3 is 0 Å². The van der Waals surface area contributed by atoms with Gasteiger partial charge in [-0.3, -0.25) is 0 Å². The lowest BCUT2D eigenvalue weighted by molar-refractivity contribution is 0.0341. The summed E-state index contributed by atoms with van der Waals surface area (Å²) in [5.41, 5.74) is 0.481. The minimum atomic E-state index is -0.0503. The number of hydrogen-bond acceptors (Lipinski definition) is 3. The Hall–Kier alpha value is -0.120. The predicted octanol–water partition coefficient (Wildman–Crippen LogP) is 2.64. The van der Waals surface area contributed by atoms with Crippen LogP contribution < -0.4 is 5.32 Å². The zero-order valence-electron chi connectivity index (χ0n) is 13.5. The van der Waals surface area contributed by atoms with Gasteiger partial charge in [0.25, 0.3) is 0 Å². The first-order chi connectivity index (χ1) is 9.63. The molecule has 0 aromatic heterocycles. The van der Waals surface area contributed by atoms with E-state index in [-0.39, 0.29) is 6.10 Å². The van der Waals surface area contributed by atoms with Crippen LogP contribution in [0.1, 0.15) is 58.8 Å². The van der Waals surface area contributed by atoms with Crippen molar-refractivity contribution in [2.75, 3.05) is 32.7 Å². The maximum absolute atomic E-state index is 9.67. The van der Waals surface area contributed by atoms with Crippen molar-refractivity contribution in [1.29, 1.82) is 0 Å². The minimum Gasteiger partial charge on any atom is -0.393 e. The topological polar surface area (TPSA) is 35.5 Å². The van der Waals surface area contributed by atoms with Crippen molar-refractivity contribution in [2.45, 2.75) is 64.9 Å².